The predicted octanol–water partition coefficient (Wildman–Crippen LogP) is 13.5. The first-order valence-corrected chi connectivity index (χ1v) is 32.1. The molecule has 419 valence electrons. The fraction of sp³-hybridized carbons (Fsp3) is 0.508. The summed E-state index contributed by atoms with van der Waals surface area (Å²) in [6.07, 6.45) is 7.53. The molecule has 0 bridgehead atoms. The van der Waals surface area contributed by atoms with Gasteiger partial charge in [0.1, 0.15) is 0 Å². The SMILES string of the molecule is COCCN(Cc1cc(C(C)(C)C)cc(C(C)(C)C)c1[O-])Cc1cc(C(C)(C)C)cc(C(C)(C)C)c1[O-].C[Si](C)[N-][Si](C)C.Cc1cccc(C=N[C@@H]2CCCC[C@H]2N=Cc2cccc(C)c2[O-])c1[O-].[Sm+3].[Zn+2].c1ccccc1. The zero-order valence-corrected chi connectivity index (χ0v) is 58.7. The molecular formula is C65H93N4O5Si2SmZn. The van der Waals surface area contributed by atoms with E-state index in [0.717, 1.165) is 70.2 Å². The van der Waals surface area contributed by atoms with Gasteiger partial charge in [0, 0.05) is 39.2 Å². The van der Waals surface area contributed by atoms with E-state index in [0.29, 0.717) is 37.4 Å². The van der Waals surface area contributed by atoms with Gasteiger partial charge in [-0.05, 0) is 92.9 Å². The smallest absolute Gasteiger partial charge is 0.872 e. The molecule has 1 saturated carbocycles. The van der Waals surface area contributed by atoms with Gasteiger partial charge in [0.2, 0.25) is 0 Å². The standard InChI is InChI=1S/C33H53NO3.C22H26N2O2.C6H6.C4H12NSi2.Sm.Zn/c1-30(2,3)24-16-22(28(35)26(18-24)32(7,8)9)20-34(14-15-37-13)21-23-17-25(31(4,5)6)19-27(29(23)36)33(10,11)12;1-15-7-5-9-17(21(15)25)13-23-19-11-3-4-12-20(19)24-14-18-10-6-8-16(2)22(18)26;1-2-4-6-5-3-1;1-6(2)5-7(3)4;;/h16-19,35-36H,14-15,20-21H2,1-13H3;5-10,13-14,19-20,25-26H,3-4,11-12H2,1-2H3;1-6H;1-4H3;;/q;;;-1;+3;+2/p-4/t;19-,20-;;;;/m.1..../s1. The number of para-hydroxylation sites is 2. The van der Waals surface area contributed by atoms with Crippen LogP contribution >= 0.6 is 0 Å². The summed E-state index contributed by atoms with van der Waals surface area (Å²) in [5.74, 6) is 0.263. The van der Waals surface area contributed by atoms with Gasteiger partial charge in [-0.25, -0.2) is 0 Å². The largest absolute Gasteiger partial charge is 3.00 e. The molecule has 5 aromatic rings. The van der Waals surface area contributed by atoms with E-state index in [1.165, 1.54) is 0 Å². The van der Waals surface area contributed by atoms with Gasteiger partial charge in [-0.3, -0.25) is 14.9 Å². The molecule has 1 aliphatic carbocycles. The van der Waals surface area contributed by atoms with Crippen LogP contribution < -0.4 is 20.4 Å². The Kier molecular flexibility index (Phi) is 31.6. The minimum absolute atomic E-state index is 0. The number of methoxy groups -OCH3 is 1. The van der Waals surface area contributed by atoms with Crippen molar-refractivity contribution in [2.45, 2.75) is 196 Å². The molecule has 1 fully saturated rings. The Bertz CT molecular complexity index is 2430. The molecular weight excluding hydrogens is 1190 g/mol. The second-order valence-corrected chi connectivity index (χ2v) is 29.5. The number of hydrogen-bond donors (Lipinski definition) is 0. The fourth-order valence-electron chi connectivity index (χ4n) is 8.69. The van der Waals surface area contributed by atoms with Crippen molar-refractivity contribution in [3.63, 3.8) is 0 Å². The molecule has 0 aliphatic heterocycles. The third-order valence-corrected chi connectivity index (χ3v) is 16.8. The molecule has 0 spiro atoms. The first-order chi connectivity index (χ1) is 35.3. The average molecular weight is 1280 g/mol. The van der Waals surface area contributed by atoms with Gasteiger partial charge in [0.15, 0.2) is 0 Å². The summed E-state index contributed by atoms with van der Waals surface area (Å²) in [6.45, 7) is 40.3. The third-order valence-electron chi connectivity index (χ3n) is 13.2. The zero-order chi connectivity index (χ0) is 57.2. The van der Waals surface area contributed by atoms with Crippen molar-refractivity contribution in [2.24, 2.45) is 9.98 Å². The summed E-state index contributed by atoms with van der Waals surface area (Å²) in [6, 6.07) is 31.4. The summed E-state index contributed by atoms with van der Waals surface area (Å²) in [5.41, 5.74) is 7.61. The predicted molar refractivity (Wildman–Crippen MR) is 320 cm³/mol. The van der Waals surface area contributed by atoms with Gasteiger partial charge in [0.25, 0.3) is 0 Å². The van der Waals surface area contributed by atoms with Crippen LogP contribution in [0, 0.1) is 54.2 Å². The van der Waals surface area contributed by atoms with E-state index in [1.54, 1.807) is 31.7 Å². The van der Waals surface area contributed by atoms with Crippen LogP contribution in [0.3, 0.4) is 0 Å². The molecule has 0 heterocycles. The van der Waals surface area contributed by atoms with Crippen molar-refractivity contribution >= 4 is 30.3 Å². The van der Waals surface area contributed by atoms with Crippen LogP contribution in [-0.4, -0.2) is 67.6 Å². The topological polar surface area (TPSA) is 144 Å². The molecule has 1 aliphatic rings. The molecule has 0 amide bonds. The van der Waals surface area contributed by atoms with Crippen LogP contribution in [0.15, 0.2) is 107 Å². The van der Waals surface area contributed by atoms with E-state index in [9.17, 15) is 20.4 Å². The number of aryl methyl sites for hydroxylation is 2. The number of ether oxygens (including phenoxy) is 1. The molecule has 0 aromatic heterocycles. The Labute approximate surface area is 521 Å². The molecule has 0 N–H and O–H groups in total. The summed E-state index contributed by atoms with van der Waals surface area (Å²) in [4.78, 5) is 11.5. The van der Waals surface area contributed by atoms with Gasteiger partial charge >= 0.3 is 59.9 Å². The normalized spacial score (nSPS) is 14.9. The van der Waals surface area contributed by atoms with Crippen molar-refractivity contribution in [1.82, 2.24) is 4.90 Å². The second-order valence-electron chi connectivity index (χ2n) is 24.9. The molecule has 6 rings (SSSR count). The Balaban J connectivity index is 0.000000637. The van der Waals surface area contributed by atoms with Crippen molar-refractivity contribution in [3.05, 3.63) is 157 Å². The molecule has 5 aromatic carbocycles. The van der Waals surface area contributed by atoms with Crippen molar-refractivity contribution in [3.8, 4) is 23.0 Å². The minimum atomic E-state index is -0.264. The van der Waals surface area contributed by atoms with E-state index in [1.807, 2.05) is 74.5 Å². The first kappa shape index (κ1) is 72.9. The molecule has 9 nitrogen and oxygen atoms in total. The molecule has 0 saturated heterocycles. The van der Waals surface area contributed by atoms with Gasteiger partial charge in [-0.2, -0.15) is 0 Å². The third kappa shape index (κ3) is 24.6. The van der Waals surface area contributed by atoms with Gasteiger partial charge < -0.3 is 29.8 Å². The maximum Gasteiger partial charge on any atom is 3.00 e. The van der Waals surface area contributed by atoms with Crippen LogP contribution in [0.1, 0.15) is 164 Å². The Morgan fingerprint density at radius 3 is 1.18 bits per heavy atom. The van der Waals surface area contributed by atoms with Gasteiger partial charge in [-0.1, -0.05) is 260 Å². The maximum absolute atomic E-state index is 13.7. The quantitative estimate of drug-likeness (QED) is 0.0848. The van der Waals surface area contributed by atoms with Crippen LogP contribution in [0.5, 0.6) is 23.0 Å². The van der Waals surface area contributed by atoms with Crippen molar-refractivity contribution in [1.29, 1.82) is 0 Å². The van der Waals surface area contributed by atoms with E-state index >= 15 is 0 Å². The monoisotopic (exact) mass is 1280 g/mol. The summed E-state index contributed by atoms with van der Waals surface area (Å²) < 4.78 is 9.90. The van der Waals surface area contributed by atoms with Crippen LogP contribution in [0.2, 0.25) is 26.2 Å². The van der Waals surface area contributed by atoms with E-state index in [4.69, 9.17) is 4.74 Å². The summed E-state index contributed by atoms with van der Waals surface area (Å²) in [5, 5.41) is 51.6. The average Bonchev–Trinajstić information content (AvgIpc) is 3.32. The number of benzene rings is 5. The van der Waals surface area contributed by atoms with Crippen molar-refractivity contribution in [2.75, 3.05) is 20.3 Å². The summed E-state index contributed by atoms with van der Waals surface area (Å²) >= 11 is 0. The number of rotatable bonds is 13. The van der Waals surface area contributed by atoms with Crippen LogP contribution in [0.25, 0.3) is 4.65 Å². The first-order valence-electron chi connectivity index (χ1n) is 27.2. The van der Waals surface area contributed by atoms with E-state index in [-0.39, 0.29) is 135 Å². The Morgan fingerprint density at radius 2 is 0.897 bits per heavy atom. The van der Waals surface area contributed by atoms with Crippen LogP contribution in [0.4, 0.5) is 0 Å². The fourth-order valence-corrected chi connectivity index (χ4v) is 12.3. The zero-order valence-electron chi connectivity index (χ0n) is 51.1. The Morgan fingerprint density at radius 1 is 0.551 bits per heavy atom. The number of hydrogen-bond acceptors (Lipinski definition) is 8. The number of aliphatic imine (C=N–C) groups is 2. The molecule has 2 atom stereocenters. The van der Waals surface area contributed by atoms with E-state index in [2.05, 4.69) is 153 Å². The van der Waals surface area contributed by atoms with Gasteiger partial charge in [0.05, 0.1) is 18.7 Å². The van der Waals surface area contributed by atoms with Gasteiger partial charge in [-0.15, -0.1) is 11.5 Å². The maximum atomic E-state index is 13.7. The minimum Gasteiger partial charge on any atom is -0.872 e. The van der Waals surface area contributed by atoms with Crippen LogP contribution in [-0.2, 0) is 59.0 Å². The summed E-state index contributed by atoms with van der Waals surface area (Å²) in [7, 11) is 1.16. The number of nitrogens with zero attached hydrogens (tertiary/aromatic N) is 4. The molecule has 3 radical (unpaired) electrons. The Hall–Kier alpha value is -3.09. The van der Waals surface area contributed by atoms with Crippen molar-refractivity contribution < 1.29 is 85.0 Å². The molecule has 78 heavy (non-hydrogen) atoms. The van der Waals surface area contributed by atoms with E-state index < -0.39 is 0 Å². The molecule has 0 unspecified atom stereocenters. The molecule has 13 heteroatoms. The second kappa shape index (κ2) is 33.7.